The summed E-state index contributed by atoms with van der Waals surface area (Å²) in [4.78, 5) is 14.1. The lowest BCUT2D eigenvalue weighted by molar-refractivity contribution is 0.0472. The van der Waals surface area contributed by atoms with Crippen LogP contribution in [-0.2, 0) is 17.9 Å². The number of rotatable bonds is 6. The number of esters is 1. The summed E-state index contributed by atoms with van der Waals surface area (Å²) in [7, 11) is 1.94. The van der Waals surface area contributed by atoms with E-state index in [4.69, 9.17) is 11.2 Å². The van der Waals surface area contributed by atoms with Crippen molar-refractivity contribution in [1.29, 1.82) is 0 Å². The molecule has 0 aliphatic carbocycles. The molecule has 0 aromatic heterocycles. The minimum Gasteiger partial charge on any atom is -0.457 e. The van der Waals surface area contributed by atoms with Crippen LogP contribution in [0.3, 0.4) is 0 Å². The highest BCUT2D eigenvalue weighted by Gasteiger charge is 2.09. The molecule has 2 aromatic carbocycles. The monoisotopic (exact) mass is 293 g/mol. The number of carbonyl (C=O) groups excluding carboxylic acids is 1. The molecule has 112 valence electrons. The van der Waals surface area contributed by atoms with E-state index in [0.29, 0.717) is 18.7 Å². The number of hydrogen-bond donors (Lipinski definition) is 0. The van der Waals surface area contributed by atoms with Gasteiger partial charge in [-0.3, -0.25) is 4.90 Å². The van der Waals surface area contributed by atoms with Gasteiger partial charge in [0.2, 0.25) is 0 Å². The number of ether oxygens (including phenoxy) is 1. The van der Waals surface area contributed by atoms with Gasteiger partial charge in [0.1, 0.15) is 6.61 Å². The van der Waals surface area contributed by atoms with Gasteiger partial charge >= 0.3 is 5.97 Å². The van der Waals surface area contributed by atoms with E-state index < -0.39 is 0 Å². The first kappa shape index (κ1) is 15.8. The van der Waals surface area contributed by atoms with E-state index in [1.807, 2.05) is 60.5 Å². The third-order valence-corrected chi connectivity index (χ3v) is 3.19. The first-order valence-corrected chi connectivity index (χ1v) is 7.11. The zero-order valence-electron chi connectivity index (χ0n) is 12.7. The van der Waals surface area contributed by atoms with Crippen LogP contribution in [-0.4, -0.2) is 24.5 Å². The van der Waals surface area contributed by atoms with Crippen LogP contribution in [0.1, 0.15) is 21.5 Å². The van der Waals surface area contributed by atoms with Gasteiger partial charge in [0.15, 0.2) is 0 Å². The molecular weight excluding hydrogens is 274 g/mol. The molecule has 3 heteroatoms. The fourth-order valence-corrected chi connectivity index (χ4v) is 2.13. The second kappa shape index (κ2) is 8.02. The van der Waals surface area contributed by atoms with E-state index in [2.05, 4.69) is 5.92 Å². The van der Waals surface area contributed by atoms with Crippen molar-refractivity contribution in [2.24, 2.45) is 0 Å². The Kier molecular flexibility index (Phi) is 5.76. The van der Waals surface area contributed by atoms with Gasteiger partial charge in [0.05, 0.1) is 12.1 Å². The summed E-state index contributed by atoms with van der Waals surface area (Å²) in [5, 5.41) is 0. The van der Waals surface area contributed by atoms with Crippen molar-refractivity contribution in [3.63, 3.8) is 0 Å². The van der Waals surface area contributed by atoms with Crippen LogP contribution >= 0.6 is 0 Å². The van der Waals surface area contributed by atoms with Crippen molar-refractivity contribution >= 4 is 5.97 Å². The standard InChI is InChI=1S/C19H19NO2/c1-3-12-20(2)14-17-10-7-11-18(13-17)19(21)22-15-16-8-5-4-6-9-16/h1,4-11,13H,12,14-15H2,2H3. The van der Waals surface area contributed by atoms with Crippen LogP contribution in [0, 0.1) is 12.3 Å². The fourth-order valence-electron chi connectivity index (χ4n) is 2.13. The predicted molar refractivity (Wildman–Crippen MR) is 87.2 cm³/mol. The minimum atomic E-state index is -0.315. The van der Waals surface area contributed by atoms with Crippen LogP contribution < -0.4 is 0 Å². The fraction of sp³-hybridized carbons (Fsp3) is 0.211. The average molecular weight is 293 g/mol. The molecule has 0 aliphatic rings. The summed E-state index contributed by atoms with van der Waals surface area (Å²) in [6, 6.07) is 17.1. The highest BCUT2D eigenvalue weighted by molar-refractivity contribution is 5.89. The zero-order chi connectivity index (χ0) is 15.8. The van der Waals surface area contributed by atoms with Crippen LogP contribution in [0.15, 0.2) is 54.6 Å². The maximum atomic E-state index is 12.1. The summed E-state index contributed by atoms with van der Waals surface area (Å²) in [5.74, 6) is 2.28. The Morgan fingerprint density at radius 2 is 1.86 bits per heavy atom. The lowest BCUT2D eigenvalue weighted by Crippen LogP contribution is -2.18. The van der Waals surface area contributed by atoms with Gasteiger partial charge in [-0.25, -0.2) is 4.79 Å². The molecule has 0 saturated carbocycles. The smallest absolute Gasteiger partial charge is 0.338 e. The first-order chi connectivity index (χ1) is 10.7. The molecule has 22 heavy (non-hydrogen) atoms. The number of hydrogen-bond acceptors (Lipinski definition) is 3. The highest BCUT2D eigenvalue weighted by Crippen LogP contribution is 2.10. The van der Waals surface area contributed by atoms with Crippen LogP contribution in [0.4, 0.5) is 0 Å². The Labute approximate surface area is 131 Å². The first-order valence-electron chi connectivity index (χ1n) is 7.11. The van der Waals surface area contributed by atoms with E-state index in [9.17, 15) is 4.79 Å². The molecule has 0 atom stereocenters. The lowest BCUT2D eigenvalue weighted by Gasteiger charge is -2.13. The van der Waals surface area contributed by atoms with Gasteiger partial charge in [-0.05, 0) is 30.3 Å². The molecule has 0 aliphatic heterocycles. The van der Waals surface area contributed by atoms with E-state index in [1.54, 1.807) is 6.07 Å². The lowest BCUT2D eigenvalue weighted by atomic mass is 10.1. The van der Waals surface area contributed by atoms with Crippen LogP contribution in [0.5, 0.6) is 0 Å². The van der Waals surface area contributed by atoms with Gasteiger partial charge in [-0.15, -0.1) is 6.42 Å². The quantitative estimate of drug-likeness (QED) is 0.605. The summed E-state index contributed by atoms with van der Waals surface area (Å²) in [6.07, 6.45) is 5.29. The van der Waals surface area contributed by atoms with Gasteiger partial charge in [-0.2, -0.15) is 0 Å². The van der Waals surface area contributed by atoms with Gasteiger partial charge in [0.25, 0.3) is 0 Å². The molecule has 0 N–H and O–H groups in total. The van der Waals surface area contributed by atoms with E-state index in [-0.39, 0.29) is 12.6 Å². The Morgan fingerprint density at radius 3 is 2.59 bits per heavy atom. The molecule has 0 bridgehead atoms. The maximum Gasteiger partial charge on any atom is 0.338 e. The Hall–Kier alpha value is -2.57. The topological polar surface area (TPSA) is 29.5 Å². The number of nitrogens with zero attached hydrogens (tertiary/aromatic N) is 1. The molecule has 0 unspecified atom stereocenters. The van der Waals surface area contributed by atoms with Crippen molar-refractivity contribution in [3.05, 3.63) is 71.3 Å². The van der Waals surface area contributed by atoms with E-state index >= 15 is 0 Å². The summed E-state index contributed by atoms with van der Waals surface area (Å²) < 4.78 is 5.34. The number of terminal acetylenes is 1. The van der Waals surface area contributed by atoms with E-state index in [0.717, 1.165) is 11.1 Å². The molecule has 0 radical (unpaired) electrons. The molecule has 2 rings (SSSR count). The zero-order valence-corrected chi connectivity index (χ0v) is 12.7. The molecule has 0 heterocycles. The minimum absolute atomic E-state index is 0.279. The Morgan fingerprint density at radius 1 is 1.14 bits per heavy atom. The molecule has 0 fully saturated rings. The third-order valence-electron chi connectivity index (χ3n) is 3.19. The predicted octanol–water partition coefficient (Wildman–Crippen LogP) is 3.11. The molecule has 2 aromatic rings. The molecule has 0 amide bonds. The van der Waals surface area contributed by atoms with Crippen molar-refractivity contribution in [3.8, 4) is 12.3 Å². The normalized spacial score (nSPS) is 10.2. The van der Waals surface area contributed by atoms with Gasteiger partial charge in [0, 0.05) is 6.54 Å². The number of benzene rings is 2. The summed E-state index contributed by atoms with van der Waals surface area (Å²) >= 11 is 0. The Balaban J connectivity index is 1.96. The van der Waals surface area contributed by atoms with Crippen molar-refractivity contribution in [2.75, 3.05) is 13.6 Å². The van der Waals surface area contributed by atoms with Crippen molar-refractivity contribution in [1.82, 2.24) is 4.90 Å². The summed E-state index contributed by atoms with van der Waals surface area (Å²) in [5.41, 5.74) is 2.57. The van der Waals surface area contributed by atoms with Crippen molar-refractivity contribution in [2.45, 2.75) is 13.2 Å². The molecule has 3 nitrogen and oxygen atoms in total. The average Bonchev–Trinajstić information content (AvgIpc) is 2.54. The second-order valence-corrected chi connectivity index (χ2v) is 5.14. The SMILES string of the molecule is C#CCN(C)Cc1cccc(C(=O)OCc2ccccc2)c1. The van der Waals surface area contributed by atoms with E-state index in [1.165, 1.54) is 0 Å². The van der Waals surface area contributed by atoms with Crippen LogP contribution in [0.25, 0.3) is 0 Å². The highest BCUT2D eigenvalue weighted by atomic mass is 16.5. The van der Waals surface area contributed by atoms with Crippen LogP contribution in [0.2, 0.25) is 0 Å². The van der Waals surface area contributed by atoms with Gasteiger partial charge < -0.3 is 4.74 Å². The second-order valence-electron chi connectivity index (χ2n) is 5.14. The largest absolute Gasteiger partial charge is 0.457 e. The Bertz CT molecular complexity index is 659. The van der Waals surface area contributed by atoms with Gasteiger partial charge in [-0.1, -0.05) is 48.4 Å². The molecular formula is C19H19NO2. The molecule has 0 spiro atoms. The number of carbonyl (C=O) groups is 1. The van der Waals surface area contributed by atoms with Crippen molar-refractivity contribution < 1.29 is 9.53 Å². The molecule has 0 saturated heterocycles. The third kappa shape index (κ3) is 4.76. The summed E-state index contributed by atoms with van der Waals surface area (Å²) in [6.45, 7) is 1.55. The maximum absolute atomic E-state index is 12.1.